The summed E-state index contributed by atoms with van der Waals surface area (Å²) in [4.78, 5) is 34.2. The maximum absolute atomic E-state index is 13.9. The van der Waals surface area contributed by atoms with Gasteiger partial charge in [-0.15, -0.1) is 0 Å². The van der Waals surface area contributed by atoms with E-state index in [1.165, 1.54) is 6.42 Å². The predicted octanol–water partition coefficient (Wildman–Crippen LogP) is 4.80. The van der Waals surface area contributed by atoms with Gasteiger partial charge in [-0.25, -0.2) is 4.98 Å². The zero-order chi connectivity index (χ0) is 22.9. The number of aromatic nitrogens is 3. The van der Waals surface area contributed by atoms with E-state index < -0.39 is 0 Å². The van der Waals surface area contributed by atoms with Crippen LogP contribution in [0, 0.1) is 6.92 Å². The van der Waals surface area contributed by atoms with Crippen LogP contribution in [0.5, 0.6) is 0 Å². The van der Waals surface area contributed by atoms with Crippen molar-refractivity contribution in [3.05, 3.63) is 81.9 Å². The van der Waals surface area contributed by atoms with E-state index in [4.69, 9.17) is 4.98 Å². The highest BCUT2D eigenvalue weighted by atomic mass is 16.2. The van der Waals surface area contributed by atoms with Crippen molar-refractivity contribution in [1.29, 1.82) is 0 Å². The lowest BCUT2D eigenvalue weighted by molar-refractivity contribution is 0.0638. The van der Waals surface area contributed by atoms with Crippen LogP contribution < -0.4 is 5.56 Å². The SMILES string of the molecule is CCN(C(=O)c1cc2c(=O)n3cccc(C)c3nc2n1Cc1ccccc1)C1CCCCC1. The second-order valence-corrected chi connectivity index (χ2v) is 9.02. The molecule has 1 aliphatic carbocycles. The monoisotopic (exact) mass is 442 g/mol. The minimum absolute atomic E-state index is 0.0106. The number of rotatable bonds is 5. The first kappa shape index (κ1) is 21.4. The van der Waals surface area contributed by atoms with Crippen LogP contribution >= 0.6 is 0 Å². The van der Waals surface area contributed by atoms with E-state index in [1.54, 1.807) is 16.7 Å². The topological polar surface area (TPSA) is 59.6 Å². The largest absolute Gasteiger partial charge is 0.335 e. The number of carbonyl (C=O) groups is 1. The van der Waals surface area contributed by atoms with Gasteiger partial charge in [0.1, 0.15) is 17.0 Å². The average Bonchev–Trinajstić information content (AvgIpc) is 3.20. The number of hydrogen-bond donors (Lipinski definition) is 0. The summed E-state index contributed by atoms with van der Waals surface area (Å²) in [6, 6.07) is 15.9. The van der Waals surface area contributed by atoms with Gasteiger partial charge < -0.3 is 9.47 Å². The molecule has 6 heteroatoms. The number of benzene rings is 1. The van der Waals surface area contributed by atoms with Crippen LogP contribution in [0.3, 0.4) is 0 Å². The molecule has 6 nitrogen and oxygen atoms in total. The molecule has 170 valence electrons. The van der Waals surface area contributed by atoms with Crippen molar-refractivity contribution in [1.82, 2.24) is 18.9 Å². The van der Waals surface area contributed by atoms with Gasteiger partial charge in [0.15, 0.2) is 0 Å². The highest BCUT2D eigenvalue weighted by molar-refractivity contribution is 5.98. The molecule has 0 bridgehead atoms. The third-order valence-electron chi connectivity index (χ3n) is 6.91. The van der Waals surface area contributed by atoms with E-state index >= 15 is 0 Å². The summed E-state index contributed by atoms with van der Waals surface area (Å²) in [5.41, 5.74) is 3.59. The number of pyridine rings is 1. The number of aryl methyl sites for hydroxylation is 1. The van der Waals surface area contributed by atoms with E-state index in [1.807, 2.05) is 65.8 Å². The molecule has 0 spiro atoms. The van der Waals surface area contributed by atoms with Crippen molar-refractivity contribution in [3.63, 3.8) is 0 Å². The first-order chi connectivity index (χ1) is 16.1. The normalized spacial score (nSPS) is 14.7. The molecule has 3 heterocycles. The van der Waals surface area contributed by atoms with Crippen molar-refractivity contribution >= 4 is 22.6 Å². The first-order valence-corrected chi connectivity index (χ1v) is 11.9. The Morgan fingerprint density at radius 3 is 2.55 bits per heavy atom. The molecule has 0 saturated heterocycles. The van der Waals surface area contributed by atoms with E-state index in [0.717, 1.165) is 36.8 Å². The number of fused-ring (bicyclic) bond motifs is 2. The zero-order valence-electron chi connectivity index (χ0n) is 19.3. The highest BCUT2D eigenvalue weighted by Crippen LogP contribution is 2.26. The molecule has 0 aliphatic heterocycles. The van der Waals surface area contributed by atoms with E-state index in [0.29, 0.717) is 35.5 Å². The molecule has 0 unspecified atom stereocenters. The van der Waals surface area contributed by atoms with Gasteiger partial charge in [0.2, 0.25) is 0 Å². The Balaban J connectivity index is 1.71. The van der Waals surface area contributed by atoms with Gasteiger partial charge >= 0.3 is 0 Å². The summed E-state index contributed by atoms with van der Waals surface area (Å²) in [6.07, 6.45) is 7.39. The molecule has 1 fully saturated rings. The summed E-state index contributed by atoms with van der Waals surface area (Å²) in [5, 5.41) is 0.483. The second-order valence-electron chi connectivity index (χ2n) is 9.02. The van der Waals surface area contributed by atoms with Gasteiger partial charge in [-0.3, -0.25) is 14.0 Å². The van der Waals surface area contributed by atoms with Gasteiger partial charge in [0.25, 0.3) is 11.5 Å². The van der Waals surface area contributed by atoms with E-state index in [-0.39, 0.29) is 17.5 Å². The Morgan fingerprint density at radius 2 is 1.82 bits per heavy atom. The Labute approximate surface area is 193 Å². The second kappa shape index (κ2) is 8.85. The van der Waals surface area contributed by atoms with Gasteiger partial charge in [-0.05, 0) is 49.9 Å². The van der Waals surface area contributed by atoms with Crippen molar-refractivity contribution in [2.45, 2.75) is 58.5 Å². The molecule has 1 saturated carbocycles. The molecule has 3 aromatic heterocycles. The summed E-state index contributed by atoms with van der Waals surface area (Å²) >= 11 is 0. The molecular formula is C27H30N4O2. The van der Waals surface area contributed by atoms with Gasteiger partial charge in [0, 0.05) is 25.3 Å². The number of nitrogens with zero attached hydrogens (tertiary/aromatic N) is 4. The molecule has 4 aromatic rings. The third-order valence-corrected chi connectivity index (χ3v) is 6.91. The number of amides is 1. The Hall–Kier alpha value is -3.41. The van der Waals surface area contributed by atoms with E-state index in [2.05, 4.69) is 0 Å². The quantitative estimate of drug-likeness (QED) is 0.446. The first-order valence-electron chi connectivity index (χ1n) is 11.9. The summed E-state index contributed by atoms with van der Waals surface area (Å²) in [7, 11) is 0. The molecule has 0 radical (unpaired) electrons. The van der Waals surface area contributed by atoms with Crippen molar-refractivity contribution in [2.24, 2.45) is 0 Å². The van der Waals surface area contributed by atoms with Gasteiger partial charge in [0.05, 0.1) is 5.39 Å². The fraction of sp³-hybridized carbons (Fsp3) is 0.370. The van der Waals surface area contributed by atoms with Crippen LogP contribution in [0.25, 0.3) is 16.7 Å². The van der Waals surface area contributed by atoms with Crippen LogP contribution in [0.2, 0.25) is 0 Å². The Bertz CT molecular complexity index is 1360. The lowest BCUT2D eigenvalue weighted by atomic mass is 9.94. The zero-order valence-corrected chi connectivity index (χ0v) is 19.3. The molecule has 0 N–H and O–H groups in total. The lowest BCUT2D eigenvalue weighted by Gasteiger charge is -2.33. The molecule has 1 aliphatic rings. The Morgan fingerprint density at radius 1 is 1.06 bits per heavy atom. The van der Waals surface area contributed by atoms with Crippen molar-refractivity contribution in [3.8, 4) is 0 Å². The van der Waals surface area contributed by atoms with Crippen LogP contribution in [-0.4, -0.2) is 37.3 Å². The highest BCUT2D eigenvalue weighted by Gasteiger charge is 2.29. The minimum atomic E-state index is -0.139. The smallest absolute Gasteiger partial charge is 0.270 e. The Kier molecular flexibility index (Phi) is 5.75. The summed E-state index contributed by atoms with van der Waals surface area (Å²) in [6.45, 7) is 5.14. The van der Waals surface area contributed by atoms with Gasteiger partial charge in [-0.1, -0.05) is 55.7 Å². The van der Waals surface area contributed by atoms with Crippen LogP contribution in [0.1, 0.15) is 60.6 Å². The standard InChI is InChI=1S/C27H30N4O2/c1-3-29(21-14-8-5-9-15-21)27(33)23-17-22-25(31(23)18-20-12-6-4-7-13-20)28-24-19(2)11-10-16-30(24)26(22)32/h4,6-7,10-13,16-17,21H,3,5,8-9,14-15,18H2,1-2H3. The summed E-state index contributed by atoms with van der Waals surface area (Å²) < 4.78 is 3.52. The predicted molar refractivity (Wildman–Crippen MR) is 131 cm³/mol. The fourth-order valence-corrected chi connectivity index (χ4v) is 5.17. The molecule has 1 aromatic carbocycles. The third kappa shape index (κ3) is 3.84. The molecular weight excluding hydrogens is 412 g/mol. The maximum atomic E-state index is 13.9. The minimum Gasteiger partial charge on any atom is -0.335 e. The number of carbonyl (C=O) groups excluding carboxylic acids is 1. The van der Waals surface area contributed by atoms with Crippen molar-refractivity contribution < 1.29 is 4.79 Å². The van der Waals surface area contributed by atoms with Crippen LogP contribution in [0.4, 0.5) is 0 Å². The maximum Gasteiger partial charge on any atom is 0.270 e. The van der Waals surface area contributed by atoms with Crippen molar-refractivity contribution in [2.75, 3.05) is 6.54 Å². The average molecular weight is 443 g/mol. The molecule has 1 amide bonds. The van der Waals surface area contributed by atoms with Gasteiger partial charge in [-0.2, -0.15) is 0 Å². The van der Waals surface area contributed by atoms with Crippen LogP contribution in [-0.2, 0) is 6.54 Å². The van der Waals surface area contributed by atoms with Crippen LogP contribution in [0.15, 0.2) is 59.5 Å². The molecule has 33 heavy (non-hydrogen) atoms. The summed E-state index contributed by atoms with van der Waals surface area (Å²) in [5.74, 6) is -0.0106. The molecule has 5 rings (SSSR count). The van der Waals surface area contributed by atoms with E-state index in [9.17, 15) is 9.59 Å². The number of hydrogen-bond acceptors (Lipinski definition) is 3. The fourth-order valence-electron chi connectivity index (χ4n) is 5.17. The molecule has 0 atom stereocenters. The lowest BCUT2D eigenvalue weighted by Crippen LogP contribution is -2.42.